The second-order valence-electron chi connectivity index (χ2n) is 10.6. The van der Waals surface area contributed by atoms with E-state index in [0.29, 0.717) is 5.92 Å². The number of benzene rings is 3. The lowest BCUT2D eigenvalue weighted by molar-refractivity contribution is 0.724. The lowest BCUT2D eigenvalue weighted by Gasteiger charge is -2.16. The van der Waals surface area contributed by atoms with Crippen molar-refractivity contribution in [3.05, 3.63) is 90.7 Å². The maximum atomic E-state index is 5.02. The molecule has 0 radical (unpaired) electrons. The number of imidazole rings is 1. The monoisotopic (exact) mass is 512 g/mol. The number of aromatic nitrogens is 5. The number of aromatic amines is 1. The van der Waals surface area contributed by atoms with E-state index >= 15 is 0 Å². The standard InChI is InChI=1S/C33H32N6/c1-7-26(36-20(6)18(2)3)21-9-12-27-22(16-21)10-13-28(37-27)23-8-11-24-25(17-23)29-31(35-15-14-34-29)32-30(24)38-33(39-32)19(4)5/h7-19,36H,6H2,1-5H3,(H,38,39)/b26-7-. The van der Waals surface area contributed by atoms with Gasteiger partial charge in [0.1, 0.15) is 11.3 Å². The van der Waals surface area contributed by atoms with Gasteiger partial charge < -0.3 is 10.3 Å². The molecule has 0 aliphatic heterocycles. The summed E-state index contributed by atoms with van der Waals surface area (Å²) in [7, 11) is 0. The molecule has 39 heavy (non-hydrogen) atoms. The average Bonchev–Trinajstić information content (AvgIpc) is 3.41. The summed E-state index contributed by atoms with van der Waals surface area (Å²) in [6.07, 6.45) is 5.56. The van der Waals surface area contributed by atoms with Crippen LogP contribution in [0.2, 0.25) is 0 Å². The molecule has 0 fully saturated rings. The van der Waals surface area contributed by atoms with E-state index in [-0.39, 0.29) is 5.92 Å². The molecule has 0 spiro atoms. The van der Waals surface area contributed by atoms with Crippen LogP contribution in [0.15, 0.2) is 79.3 Å². The number of pyridine rings is 1. The molecular weight excluding hydrogens is 480 g/mol. The Morgan fingerprint density at radius 2 is 1.67 bits per heavy atom. The van der Waals surface area contributed by atoms with E-state index in [9.17, 15) is 0 Å². The molecule has 6 nitrogen and oxygen atoms in total. The number of fused-ring (bicyclic) bond motifs is 7. The van der Waals surface area contributed by atoms with Crippen LogP contribution in [-0.2, 0) is 0 Å². The Balaban J connectivity index is 1.44. The molecule has 0 unspecified atom stereocenters. The minimum atomic E-state index is 0.287. The zero-order chi connectivity index (χ0) is 27.3. The largest absolute Gasteiger partial charge is 0.359 e. The van der Waals surface area contributed by atoms with Crippen LogP contribution in [0.3, 0.4) is 0 Å². The normalized spacial score (nSPS) is 12.4. The fourth-order valence-corrected chi connectivity index (χ4v) is 4.94. The summed E-state index contributed by atoms with van der Waals surface area (Å²) in [6.45, 7) is 14.7. The van der Waals surface area contributed by atoms with Gasteiger partial charge >= 0.3 is 0 Å². The van der Waals surface area contributed by atoms with Gasteiger partial charge in [-0.2, -0.15) is 0 Å². The van der Waals surface area contributed by atoms with Crippen molar-refractivity contribution in [2.45, 2.75) is 40.5 Å². The highest BCUT2D eigenvalue weighted by atomic mass is 14.9. The SMILES string of the molecule is C=C(N/C(=C\C)c1ccc2nc(-c3ccc4c(c3)c3nccnc3c3[nH]c(C(C)C)nc43)ccc2c1)C(C)C. The van der Waals surface area contributed by atoms with Gasteiger partial charge in [-0.1, -0.05) is 64.6 Å². The van der Waals surface area contributed by atoms with Crippen molar-refractivity contribution in [3.8, 4) is 11.3 Å². The molecule has 3 heterocycles. The van der Waals surface area contributed by atoms with Gasteiger partial charge in [-0.15, -0.1) is 0 Å². The van der Waals surface area contributed by atoms with Crippen LogP contribution in [0.4, 0.5) is 0 Å². The van der Waals surface area contributed by atoms with E-state index in [4.69, 9.17) is 15.0 Å². The van der Waals surface area contributed by atoms with Gasteiger partial charge in [-0.05, 0) is 42.7 Å². The smallest absolute Gasteiger partial charge is 0.115 e. The Morgan fingerprint density at radius 3 is 2.41 bits per heavy atom. The van der Waals surface area contributed by atoms with Crippen molar-refractivity contribution in [2.75, 3.05) is 0 Å². The molecule has 3 aromatic heterocycles. The Labute approximate surface area is 227 Å². The first kappa shape index (κ1) is 24.7. The van der Waals surface area contributed by atoms with Crippen molar-refractivity contribution in [1.29, 1.82) is 0 Å². The van der Waals surface area contributed by atoms with E-state index in [0.717, 1.165) is 77.8 Å². The van der Waals surface area contributed by atoms with Gasteiger partial charge in [-0.25, -0.2) is 9.97 Å². The summed E-state index contributed by atoms with van der Waals surface area (Å²) >= 11 is 0. The number of H-pyrrole nitrogens is 1. The molecule has 0 saturated heterocycles. The van der Waals surface area contributed by atoms with Gasteiger partial charge in [0.25, 0.3) is 0 Å². The Hall–Kier alpha value is -4.58. The lowest BCUT2D eigenvalue weighted by Crippen LogP contribution is -2.14. The predicted octanol–water partition coefficient (Wildman–Crippen LogP) is 8.12. The van der Waals surface area contributed by atoms with Crippen molar-refractivity contribution >= 4 is 49.4 Å². The minimum Gasteiger partial charge on any atom is -0.359 e. The summed E-state index contributed by atoms with van der Waals surface area (Å²) in [5.41, 5.74) is 9.62. The zero-order valence-electron chi connectivity index (χ0n) is 23.0. The van der Waals surface area contributed by atoms with E-state index in [1.54, 1.807) is 12.4 Å². The molecule has 6 aromatic rings. The number of nitrogens with one attached hydrogen (secondary N) is 2. The van der Waals surface area contributed by atoms with Crippen LogP contribution in [0.25, 0.3) is 60.7 Å². The second kappa shape index (κ2) is 9.62. The van der Waals surface area contributed by atoms with E-state index in [1.807, 2.05) is 6.92 Å². The summed E-state index contributed by atoms with van der Waals surface area (Å²) in [6, 6.07) is 17.0. The predicted molar refractivity (Wildman–Crippen MR) is 162 cm³/mol. The molecule has 194 valence electrons. The summed E-state index contributed by atoms with van der Waals surface area (Å²) in [4.78, 5) is 22.8. The fourth-order valence-electron chi connectivity index (χ4n) is 4.94. The van der Waals surface area contributed by atoms with E-state index in [1.165, 1.54) is 0 Å². The van der Waals surface area contributed by atoms with Crippen LogP contribution in [0.5, 0.6) is 0 Å². The van der Waals surface area contributed by atoms with Crippen molar-refractivity contribution in [1.82, 2.24) is 30.2 Å². The number of rotatable bonds is 6. The summed E-state index contributed by atoms with van der Waals surface area (Å²) in [5, 5.41) is 6.64. The van der Waals surface area contributed by atoms with Crippen LogP contribution in [-0.4, -0.2) is 24.9 Å². The molecule has 0 atom stereocenters. The Bertz CT molecular complexity index is 1930. The first-order chi connectivity index (χ1) is 18.8. The van der Waals surface area contributed by atoms with Crippen molar-refractivity contribution in [2.24, 2.45) is 5.92 Å². The van der Waals surface area contributed by atoms with Gasteiger partial charge in [0.05, 0.1) is 27.8 Å². The molecule has 0 amide bonds. The maximum absolute atomic E-state index is 5.02. The Kier molecular flexibility index (Phi) is 6.10. The van der Waals surface area contributed by atoms with Gasteiger partial charge in [0, 0.05) is 51.4 Å². The number of allylic oxidation sites excluding steroid dienone is 2. The van der Waals surface area contributed by atoms with Gasteiger partial charge in [0.15, 0.2) is 0 Å². The molecule has 2 N–H and O–H groups in total. The maximum Gasteiger partial charge on any atom is 0.115 e. The summed E-state index contributed by atoms with van der Waals surface area (Å²) < 4.78 is 0. The molecule has 6 heteroatoms. The third kappa shape index (κ3) is 4.32. The average molecular weight is 513 g/mol. The van der Waals surface area contributed by atoms with Crippen molar-refractivity contribution < 1.29 is 0 Å². The van der Waals surface area contributed by atoms with Crippen molar-refractivity contribution in [3.63, 3.8) is 0 Å². The molecule has 0 aliphatic carbocycles. The first-order valence-corrected chi connectivity index (χ1v) is 13.4. The third-order valence-electron chi connectivity index (χ3n) is 7.31. The van der Waals surface area contributed by atoms with Crippen LogP contribution in [0.1, 0.15) is 51.9 Å². The van der Waals surface area contributed by atoms with Crippen LogP contribution >= 0.6 is 0 Å². The number of nitrogens with zero attached hydrogens (tertiary/aromatic N) is 4. The quantitative estimate of drug-likeness (QED) is 0.220. The fraction of sp³-hybridized carbons (Fsp3) is 0.212. The molecule has 0 saturated carbocycles. The third-order valence-corrected chi connectivity index (χ3v) is 7.31. The minimum absolute atomic E-state index is 0.287. The first-order valence-electron chi connectivity index (χ1n) is 13.4. The van der Waals surface area contributed by atoms with Gasteiger partial charge in [0.2, 0.25) is 0 Å². The van der Waals surface area contributed by atoms with Crippen LogP contribution in [0, 0.1) is 5.92 Å². The van der Waals surface area contributed by atoms with Gasteiger partial charge in [-0.3, -0.25) is 9.97 Å². The number of hydrogen-bond acceptors (Lipinski definition) is 5. The highest BCUT2D eigenvalue weighted by Crippen LogP contribution is 2.35. The Morgan fingerprint density at radius 1 is 0.872 bits per heavy atom. The highest BCUT2D eigenvalue weighted by Gasteiger charge is 2.17. The molecule has 3 aromatic carbocycles. The highest BCUT2D eigenvalue weighted by molar-refractivity contribution is 6.21. The molecule has 0 bridgehead atoms. The molecular formula is C33H32N6. The summed E-state index contributed by atoms with van der Waals surface area (Å²) in [5.74, 6) is 1.60. The van der Waals surface area contributed by atoms with Crippen LogP contribution < -0.4 is 5.32 Å². The zero-order valence-corrected chi connectivity index (χ0v) is 23.0. The van der Waals surface area contributed by atoms with E-state index < -0.39 is 0 Å². The lowest BCUT2D eigenvalue weighted by atomic mass is 10.0. The number of hydrogen-bond donors (Lipinski definition) is 2. The van der Waals surface area contributed by atoms with E-state index in [2.05, 4.69) is 104 Å². The second-order valence-corrected chi connectivity index (χ2v) is 10.6. The molecule has 6 rings (SSSR count). The topological polar surface area (TPSA) is 79.4 Å². The molecule has 0 aliphatic rings.